The SMILES string of the molecule is CCOc1ccccc1NC(=O)C1=C(C)Nc2nc(SCC)nn2C1c1ccc(OCc2c(F)cccc2Cl)c(OCC)c1. The predicted molar refractivity (Wildman–Crippen MR) is 170 cm³/mol. The largest absolute Gasteiger partial charge is 0.492 e. The van der Waals surface area contributed by atoms with Crippen LogP contribution < -0.4 is 24.8 Å². The molecule has 1 aliphatic rings. The van der Waals surface area contributed by atoms with Crippen molar-refractivity contribution in [3.05, 3.63) is 93.9 Å². The standard InChI is InChI=1S/C32H33ClFN5O4S/c1-5-41-25-14-9-8-13-24(25)36-30(40)28-19(4)35-31-37-32(44-7-3)38-39(31)29(28)20-15-16-26(27(17-20)42-6-2)43-18-21-22(33)11-10-12-23(21)34/h8-17,29H,5-7,18H2,1-4H3,(H,36,40)(H,35,37,38). The van der Waals surface area contributed by atoms with Crippen LogP contribution in [0.4, 0.5) is 16.0 Å². The van der Waals surface area contributed by atoms with E-state index in [1.54, 1.807) is 28.9 Å². The molecule has 1 unspecified atom stereocenters. The zero-order valence-electron chi connectivity index (χ0n) is 24.8. The quantitative estimate of drug-likeness (QED) is 0.154. The van der Waals surface area contributed by atoms with Crippen LogP contribution in [0.2, 0.25) is 5.02 Å². The number of fused-ring (bicyclic) bond motifs is 1. The number of carbonyl (C=O) groups excluding carboxylic acids is 1. The Bertz CT molecular complexity index is 1670. The van der Waals surface area contributed by atoms with Crippen molar-refractivity contribution in [2.45, 2.75) is 45.5 Å². The zero-order valence-corrected chi connectivity index (χ0v) is 26.4. The molecule has 1 aromatic heterocycles. The highest BCUT2D eigenvalue weighted by Crippen LogP contribution is 2.40. The summed E-state index contributed by atoms with van der Waals surface area (Å²) < 4.78 is 33.8. The Hall–Kier alpha value is -4.22. The number of para-hydroxylation sites is 2. The summed E-state index contributed by atoms with van der Waals surface area (Å²) in [5, 5.41) is 11.9. The van der Waals surface area contributed by atoms with Crippen LogP contribution in [0.5, 0.6) is 17.2 Å². The summed E-state index contributed by atoms with van der Waals surface area (Å²) in [6.45, 7) is 8.33. The van der Waals surface area contributed by atoms with Crippen molar-refractivity contribution < 1.29 is 23.4 Å². The van der Waals surface area contributed by atoms with Crippen molar-refractivity contribution in [1.29, 1.82) is 0 Å². The molecule has 0 fully saturated rings. The Morgan fingerprint density at radius 1 is 1.02 bits per heavy atom. The van der Waals surface area contributed by atoms with Gasteiger partial charge in [-0.1, -0.05) is 54.6 Å². The molecule has 1 aliphatic heterocycles. The van der Waals surface area contributed by atoms with E-state index in [2.05, 4.69) is 15.6 Å². The van der Waals surface area contributed by atoms with Crippen LogP contribution in [0.1, 0.15) is 44.9 Å². The van der Waals surface area contributed by atoms with Crippen molar-refractivity contribution in [3.8, 4) is 17.2 Å². The number of amides is 1. The van der Waals surface area contributed by atoms with E-state index in [9.17, 15) is 9.18 Å². The number of halogens is 2. The normalized spacial score (nSPS) is 14.1. The lowest BCUT2D eigenvalue weighted by Gasteiger charge is -2.29. The van der Waals surface area contributed by atoms with Crippen molar-refractivity contribution in [2.24, 2.45) is 0 Å². The number of hydrogen-bond acceptors (Lipinski definition) is 8. The maximum Gasteiger partial charge on any atom is 0.255 e. The molecule has 230 valence electrons. The summed E-state index contributed by atoms with van der Waals surface area (Å²) in [6, 6.07) is 16.5. The lowest BCUT2D eigenvalue weighted by atomic mass is 9.94. The Balaban J connectivity index is 1.54. The number of aromatic nitrogens is 3. The lowest BCUT2D eigenvalue weighted by molar-refractivity contribution is -0.113. The lowest BCUT2D eigenvalue weighted by Crippen LogP contribution is -2.31. The first kappa shape index (κ1) is 31.2. The number of rotatable bonds is 12. The molecular weight excluding hydrogens is 605 g/mol. The maximum absolute atomic E-state index is 14.4. The van der Waals surface area contributed by atoms with Gasteiger partial charge >= 0.3 is 0 Å². The molecule has 1 atom stereocenters. The van der Waals surface area contributed by atoms with Crippen LogP contribution in [0.15, 0.2) is 77.1 Å². The van der Waals surface area contributed by atoms with Gasteiger partial charge in [-0.2, -0.15) is 4.98 Å². The van der Waals surface area contributed by atoms with Gasteiger partial charge in [0.25, 0.3) is 5.91 Å². The Labute approximate surface area is 264 Å². The molecule has 1 amide bonds. The van der Waals surface area contributed by atoms with Gasteiger partial charge < -0.3 is 24.8 Å². The first-order valence-electron chi connectivity index (χ1n) is 14.3. The van der Waals surface area contributed by atoms with E-state index in [1.165, 1.54) is 17.8 Å². The number of hydrogen-bond donors (Lipinski definition) is 2. The van der Waals surface area contributed by atoms with Crippen LogP contribution in [0, 0.1) is 5.82 Å². The summed E-state index contributed by atoms with van der Waals surface area (Å²) in [7, 11) is 0. The van der Waals surface area contributed by atoms with E-state index in [4.69, 9.17) is 30.9 Å². The van der Waals surface area contributed by atoms with Crippen LogP contribution >= 0.6 is 23.4 Å². The third-order valence-electron chi connectivity index (χ3n) is 6.80. The van der Waals surface area contributed by atoms with E-state index >= 15 is 0 Å². The summed E-state index contributed by atoms with van der Waals surface area (Å²) in [6.07, 6.45) is 0. The molecule has 0 radical (unpaired) electrons. The molecule has 0 saturated carbocycles. The summed E-state index contributed by atoms with van der Waals surface area (Å²) in [5.41, 5.74) is 2.58. The number of ether oxygens (including phenoxy) is 3. The van der Waals surface area contributed by atoms with Crippen molar-refractivity contribution >= 4 is 40.9 Å². The van der Waals surface area contributed by atoms with Crippen molar-refractivity contribution in [3.63, 3.8) is 0 Å². The van der Waals surface area contributed by atoms with Gasteiger partial charge in [0.1, 0.15) is 24.2 Å². The second-order valence-corrected chi connectivity index (χ2v) is 11.3. The number of carbonyl (C=O) groups is 1. The average Bonchev–Trinajstić information content (AvgIpc) is 3.40. The van der Waals surface area contributed by atoms with Gasteiger partial charge in [-0.05, 0) is 68.5 Å². The van der Waals surface area contributed by atoms with Crippen LogP contribution in [-0.2, 0) is 11.4 Å². The Morgan fingerprint density at radius 3 is 2.55 bits per heavy atom. The molecule has 2 heterocycles. The summed E-state index contributed by atoms with van der Waals surface area (Å²) in [5.74, 6) is 1.92. The number of thioether (sulfide) groups is 1. The van der Waals surface area contributed by atoms with Crippen LogP contribution in [-0.4, -0.2) is 39.6 Å². The highest BCUT2D eigenvalue weighted by atomic mass is 35.5. The molecule has 0 aliphatic carbocycles. The van der Waals surface area contributed by atoms with E-state index in [1.807, 2.05) is 58.0 Å². The molecular formula is C32H33ClFN5O4S. The number of nitrogens with one attached hydrogen (secondary N) is 2. The molecule has 0 spiro atoms. The fraction of sp³-hybridized carbons (Fsp3) is 0.281. The third kappa shape index (κ3) is 6.63. The Morgan fingerprint density at radius 2 is 1.80 bits per heavy atom. The predicted octanol–water partition coefficient (Wildman–Crippen LogP) is 7.49. The minimum absolute atomic E-state index is 0.0883. The highest BCUT2D eigenvalue weighted by Gasteiger charge is 2.35. The first-order chi connectivity index (χ1) is 21.3. The van der Waals surface area contributed by atoms with Crippen LogP contribution in [0.25, 0.3) is 0 Å². The third-order valence-corrected chi connectivity index (χ3v) is 7.88. The molecule has 3 aromatic carbocycles. The minimum atomic E-state index is -0.654. The second-order valence-electron chi connectivity index (χ2n) is 9.67. The molecule has 5 rings (SSSR count). The average molecular weight is 638 g/mol. The smallest absolute Gasteiger partial charge is 0.255 e. The Kier molecular flexibility index (Phi) is 9.96. The molecule has 9 nitrogen and oxygen atoms in total. The highest BCUT2D eigenvalue weighted by molar-refractivity contribution is 7.99. The summed E-state index contributed by atoms with van der Waals surface area (Å²) >= 11 is 7.72. The monoisotopic (exact) mass is 637 g/mol. The van der Waals surface area contributed by atoms with Gasteiger partial charge in [0.2, 0.25) is 11.1 Å². The first-order valence-corrected chi connectivity index (χ1v) is 15.6. The molecule has 44 heavy (non-hydrogen) atoms. The molecule has 0 saturated heterocycles. The zero-order chi connectivity index (χ0) is 31.2. The van der Waals surface area contributed by atoms with Gasteiger partial charge in [0.15, 0.2) is 11.5 Å². The van der Waals surface area contributed by atoms with Crippen molar-refractivity contribution in [1.82, 2.24) is 14.8 Å². The number of allylic oxidation sites excluding steroid dienone is 1. The minimum Gasteiger partial charge on any atom is -0.492 e. The molecule has 2 N–H and O–H groups in total. The van der Waals surface area contributed by atoms with Crippen molar-refractivity contribution in [2.75, 3.05) is 29.6 Å². The molecule has 4 aromatic rings. The van der Waals surface area contributed by atoms with E-state index in [0.717, 1.165) is 5.75 Å². The van der Waals surface area contributed by atoms with Gasteiger partial charge in [-0.25, -0.2) is 9.07 Å². The fourth-order valence-corrected chi connectivity index (χ4v) is 5.64. The van der Waals surface area contributed by atoms with Gasteiger partial charge in [-0.3, -0.25) is 4.79 Å². The molecule has 12 heteroatoms. The van der Waals surface area contributed by atoms with Crippen LogP contribution in [0.3, 0.4) is 0 Å². The molecule has 0 bridgehead atoms. The summed E-state index contributed by atoms with van der Waals surface area (Å²) in [4.78, 5) is 18.7. The topological polar surface area (TPSA) is 99.5 Å². The maximum atomic E-state index is 14.4. The van der Waals surface area contributed by atoms with E-state index in [0.29, 0.717) is 64.1 Å². The fourth-order valence-electron chi connectivity index (χ4n) is 4.87. The second kappa shape index (κ2) is 14.0. The van der Waals surface area contributed by atoms with E-state index < -0.39 is 11.9 Å². The van der Waals surface area contributed by atoms with Gasteiger partial charge in [0.05, 0.1) is 29.5 Å². The number of anilines is 2. The van der Waals surface area contributed by atoms with Gasteiger partial charge in [-0.15, -0.1) is 5.10 Å². The number of nitrogens with zero attached hydrogens (tertiary/aromatic N) is 3. The van der Waals surface area contributed by atoms with E-state index in [-0.39, 0.29) is 23.1 Å². The number of benzene rings is 3. The van der Waals surface area contributed by atoms with Gasteiger partial charge in [0, 0.05) is 11.3 Å².